The van der Waals surface area contributed by atoms with Crippen molar-refractivity contribution in [3.63, 3.8) is 0 Å². The highest BCUT2D eigenvalue weighted by molar-refractivity contribution is 5.92. The van der Waals surface area contributed by atoms with E-state index in [-0.39, 0.29) is 12.3 Å². The molecule has 0 saturated heterocycles. The van der Waals surface area contributed by atoms with Gasteiger partial charge >= 0.3 is 5.97 Å². The van der Waals surface area contributed by atoms with Crippen LogP contribution in [-0.2, 0) is 14.3 Å². The minimum Gasteiger partial charge on any atom is -0.497 e. The Morgan fingerprint density at radius 3 is 2.06 bits per heavy atom. The van der Waals surface area contributed by atoms with Crippen molar-refractivity contribution >= 4 is 18.0 Å². The number of hydrogen-bond donors (Lipinski definition) is 1. The Balaban J connectivity index is 2.24. The SMILES string of the molecule is COC(=O)CC(NC(=O)/C=C/c1cc(OC)cc(OC)c1)c1ccc(OC)c(OC)c1. The first-order chi connectivity index (χ1) is 14.9. The van der Waals surface area contributed by atoms with E-state index in [0.717, 1.165) is 5.56 Å². The van der Waals surface area contributed by atoms with E-state index in [4.69, 9.17) is 23.7 Å². The van der Waals surface area contributed by atoms with Crippen molar-refractivity contribution in [3.8, 4) is 23.0 Å². The lowest BCUT2D eigenvalue weighted by atomic mass is 10.0. The molecular weight excluding hydrogens is 402 g/mol. The van der Waals surface area contributed by atoms with Crippen molar-refractivity contribution in [2.75, 3.05) is 35.5 Å². The van der Waals surface area contributed by atoms with Gasteiger partial charge < -0.3 is 29.0 Å². The van der Waals surface area contributed by atoms with Gasteiger partial charge in [-0.25, -0.2) is 0 Å². The van der Waals surface area contributed by atoms with E-state index < -0.39 is 12.0 Å². The van der Waals surface area contributed by atoms with Crippen LogP contribution in [0.3, 0.4) is 0 Å². The first-order valence-corrected chi connectivity index (χ1v) is 9.44. The van der Waals surface area contributed by atoms with Gasteiger partial charge in [-0.3, -0.25) is 9.59 Å². The average molecular weight is 429 g/mol. The number of amides is 1. The Labute approximate surface area is 181 Å². The van der Waals surface area contributed by atoms with Gasteiger partial charge in [0.15, 0.2) is 11.5 Å². The maximum Gasteiger partial charge on any atom is 0.307 e. The predicted octanol–water partition coefficient (Wildman–Crippen LogP) is 3.15. The molecule has 8 heteroatoms. The molecule has 0 aliphatic rings. The second-order valence-electron chi connectivity index (χ2n) is 6.44. The molecule has 0 saturated carbocycles. The van der Waals surface area contributed by atoms with Gasteiger partial charge in [0.05, 0.1) is 48.0 Å². The summed E-state index contributed by atoms with van der Waals surface area (Å²) in [5.41, 5.74) is 1.40. The molecule has 1 atom stereocenters. The molecule has 2 rings (SSSR count). The zero-order chi connectivity index (χ0) is 22.8. The molecule has 8 nitrogen and oxygen atoms in total. The summed E-state index contributed by atoms with van der Waals surface area (Å²) in [6.07, 6.45) is 2.96. The van der Waals surface area contributed by atoms with Gasteiger partial charge in [-0.15, -0.1) is 0 Å². The third kappa shape index (κ3) is 6.67. The van der Waals surface area contributed by atoms with Crippen LogP contribution >= 0.6 is 0 Å². The predicted molar refractivity (Wildman–Crippen MR) is 116 cm³/mol. The Morgan fingerprint density at radius 2 is 1.52 bits per heavy atom. The van der Waals surface area contributed by atoms with E-state index >= 15 is 0 Å². The molecule has 1 N–H and O–H groups in total. The van der Waals surface area contributed by atoms with Crippen LogP contribution in [0.25, 0.3) is 6.08 Å². The second kappa shape index (κ2) is 11.5. The summed E-state index contributed by atoms with van der Waals surface area (Å²) in [6.45, 7) is 0. The van der Waals surface area contributed by atoms with E-state index in [2.05, 4.69) is 5.32 Å². The molecule has 0 aliphatic heterocycles. The van der Waals surface area contributed by atoms with Crippen molar-refractivity contribution in [3.05, 3.63) is 53.6 Å². The second-order valence-corrected chi connectivity index (χ2v) is 6.44. The maximum atomic E-state index is 12.6. The van der Waals surface area contributed by atoms with Crippen LogP contribution in [0, 0.1) is 0 Å². The number of esters is 1. The molecule has 0 fully saturated rings. The lowest BCUT2D eigenvalue weighted by Gasteiger charge is -2.19. The molecule has 0 heterocycles. The molecule has 1 unspecified atom stereocenters. The monoisotopic (exact) mass is 429 g/mol. The van der Waals surface area contributed by atoms with E-state index in [0.29, 0.717) is 28.6 Å². The van der Waals surface area contributed by atoms with Crippen LogP contribution in [0.1, 0.15) is 23.6 Å². The van der Waals surface area contributed by atoms with Crippen molar-refractivity contribution in [1.82, 2.24) is 5.32 Å². The summed E-state index contributed by atoms with van der Waals surface area (Å²) in [6, 6.07) is 9.84. The van der Waals surface area contributed by atoms with Gasteiger partial charge in [0.25, 0.3) is 0 Å². The third-order valence-electron chi connectivity index (χ3n) is 4.53. The summed E-state index contributed by atoms with van der Waals surface area (Å²) in [5, 5.41) is 2.83. The molecule has 0 aromatic heterocycles. The van der Waals surface area contributed by atoms with E-state index in [1.807, 2.05) is 0 Å². The highest BCUT2D eigenvalue weighted by atomic mass is 16.5. The van der Waals surface area contributed by atoms with Crippen LogP contribution in [0.15, 0.2) is 42.5 Å². The number of nitrogens with one attached hydrogen (secondary N) is 1. The zero-order valence-corrected chi connectivity index (χ0v) is 18.3. The van der Waals surface area contributed by atoms with Crippen molar-refractivity contribution in [2.45, 2.75) is 12.5 Å². The molecule has 0 aliphatic carbocycles. The molecule has 0 radical (unpaired) electrons. The minimum absolute atomic E-state index is 0.0431. The number of hydrogen-bond acceptors (Lipinski definition) is 7. The molecule has 166 valence electrons. The van der Waals surface area contributed by atoms with Gasteiger partial charge in [-0.1, -0.05) is 6.07 Å². The summed E-state index contributed by atoms with van der Waals surface area (Å²) in [5.74, 6) is 1.40. The topological polar surface area (TPSA) is 92.3 Å². The number of rotatable bonds is 10. The quantitative estimate of drug-likeness (QED) is 0.458. The standard InChI is InChI=1S/C23H27NO7/c1-27-17-10-15(11-18(13-17)28-2)6-9-22(25)24-19(14-23(26)31-5)16-7-8-20(29-3)21(12-16)30-4/h6-13,19H,14H2,1-5H3,(H,24,25)/b9-6+. The molecule has 1 amide bonds. The van der Waals surface area contributed by atoms with Crippen LogP contribution in [0.5, 0.6) is 23.0 Å². The van der Waals surface area contributed by atoms with Gasteiger partial charge in [-0.2, -0.15) is 0 Å². The third-order valence-corrected chi connectivity index (χ3v) is 4.53. The van der Waals surface area contributed by atoms with Crippen LogP contribution in [-0.4, -0.2) is 47.4 Å². The fraction of sp³-hybridized carbons (Fsp3) is 0.304. The number of benzene rings is 2. The highest BCUT2D eigenvalue weighted by Gasteiger charge is 2.20. The largest absolute Gasteiger partial charge is 0.497 e. The number of methoxy groups -OCH3 is 5. The lowest BCUT2D eigenvalue weighted by Crippen LogP contribution is -2.29. The summed E-state index contributed by atoms with van der Waals surface area (Å²) < 4.78 is 25.8. The first kappa shape index (κ1) is 23.6. The zero-order valence-electron chi connectivity index (χ0n) is 18.3. The van der Waals surface area contributed by atoms with Gasteiger partial charge in [0.2, 0.25) is 5.91 Å². The Morgan fingerprint density at radius 1 is 0.871 bits per heavy atom. The van der Waals surface area contributed by atoms with E-state index in [9.17, 15) is 9.59 Å². The fourth-order valence-electron chi connectivity index (χ4n) is 2.89. The molecule has 2 aromatic rings. The van der Waals surface area contributed by atoms with Gasteiger partial charge in [-0.05, 0) is 41.5 Å². The average Bonchev–Trinajstić information content (AvgIpc) is 2.81. The first-order valence-electron chi connectivity index (χ1n) is 9.44. The number of ether oxygens (including phenoxy) is 5. The molecule has 0 bridgehead atoms. The smallest absolute Gasteiger partial charge is 0.307 e. The van der Waals surface area contributed by atoms with Crippen molar-refractivity contribution in [1.29, 1.82) is 0 Å². The maximum absolute atomic E-state index is 12.6. The van der Waals surface area contributed by atoms with Crippen molar-refractivity contribution < 1.29 is 33.3 Å². The molecule has 0 spiro atoms. The number of carbonyl (C=O) groups excluding carboxylic acids is 2. The Hall–Kier alpha value is -3.68. The molecular formula is C23H27NO7. The lowest BCUT2D eigenvalue weighted by molar-refractivity contribution is -0.141. The van der Waals surface area contributed by atoms with Gasteiger partial charge in [0, 0.05) is 12.1 Å². The Kier molecular flexibility index (Phi) is 8.75. The highest BCUT2D eigenvalue weighted by Crippen LogP contribution is 2.31. The van der Waals surface area contributed by atoms with Crippen LogP contribution in [0.2, 0.25) is 0 Å². The summed E-state index contributed by atoms with van der Waals surface area (Å²) in [4.78, 5) is 24.5. The number of carbonyl (C=O) groups is 2. The molecule has 31 heavy (non-hydrogen) atoms. The van der Waals surface area contributed by atoms with Crippen molar-refractivity contribution in [2.24, 2.45) is 0 Å². The molecule has 2 aromatic carbocycles. The van der Waals surface area contributed by atoms with E-state index in [1.165, 1.54) is 27.4 Å². The normalized spacial score (nSPS) is 11.5. The fourth-order valence-corrected chi connectivity index (χ4v) is 2.89. The summed E-state index contributed by atoms with van der Waals surface area (Å²) in [7, 11) is 7.45. The van der Waals surface area contributed by atoms with Crippen LogP contribution in [0.4, 0.5) is 0 Å². The summed E-state index contributed by atoms with van der Waals surface area (Å²) >= 11 is 0. The van der Waals surface area contributed by atoms with Gasteiger partial charge in [0.1, 0.15) is 11.5 Å². The van der Waals surface area contributed by atoms with E-state index in [1.54, 1.807) is 56.7 Å². The Bertz CT molecular complexity index is 917. The van der Waals surface area contributed by atoms with Crippen LogP contribution < -0.4 is 24.3 Å². The minimum atomic E-state index is -0.621.